The number of urea groups is 1. The Hall–Kier alpha value is -4.14. The Morgan fingerprint density at radius 1 is 1.12 bits per heavy atom. The molecule has 2 aromatic heterocycles. The van der Waals surface area contributed by atoms with Gasteiger partial charge < -0.3 is 20.1 Å². The molecule has 0 bridgehead atoms. The van der Waals surface area contributed by atoms with Crippen LogP contribution >= 0.6 is 0 Å². The Morgan fingerprint density at radius 2 is 1.91 bits per heavy atom. The van der Waals surface area contributed by atoms with Crippen molar-refractivity contribution < 1.29 is 4.79 Å². The third-order valence-corrected chi connectivity index (χ3v) is 5.63. The first-order valence-electron chi connectivity index (χ1n) is 10.4. The van der Waals surface area contributed by atoms with Gasteiger partial charge in [-0.2, -0.15) is 5.10 Å². The molecule has 0 radical (unpaired) electrons. The smallest absolute Gasteiger partial charge is 0.321 e. The number of carbonyl (C=O) groups excluding carboxylic acids is 1. The number of para-hydroxylation sites is 1. The van der Waals surface area contributed by atoms with Crippen molar-refractivity contribution in [3.63, 3.8) is 0 Å². The molecule has 0 atom stereocenters. The van der Waals surface area contributed by atoms with Crippen LogP contribution in [0.15, 0.2) is 65.6 Å². The molecule has 0 aliphatic carbocycles. The lowest BCUT2D eigenvalue weighted by Crippen LogP contribution is -2.51. The topological polar surface area (TPSA) is 99.2 Å². The largest absolute Gasteiger partial charge is 0.378 e. The van der Waals surface area contributed by atoms with E-state index >= 15 is 0 Å². The minimum atomic E-state index is -0.226. The van der Waals surface area contributed by atoms with Crippen LogP contribution in [0.5, 0.6) is 0 Å². The fraction of sp³-hybridized carbons (Fsp3) is 0.217. The summed E-state index contributed by atoms with van der Waals surface area (Å²) < 4.78 is 1.66. The van der Waals surface area contributed by atoms with Crippen LogP contribution in [0, 0.1) is 0 Å². The highest BCUT2D eigenvalue weighted by atomic mass is 16.2. The number of fused-ring (bicyclic) bond motifs is 1. The summed E-state index contributed by atoms with van der Waals surface area (Å²) in [5.41, 5.74) is 2.87. The highest BCUT2D eigenvalue weighted by Gasteiger charge is 2.34. The predicted molar refractivity (Wildman–Crippen MR) is 124 cm³/mol. The molecule has 1 aliphatic rings. The highest BCUT2D eigenvalue weighted by Crippen LogP contribution is 2.26. The van der Waals surface area contributed by atoms with Crippen molar-refractivity contribution in [2.24, 2.45) is 0 Å². The molecule has 162 valence electrons. The third-order valence-electron chi connectivity index (χ3n) is 5.63. The number of benzene rings is 2. The summed E-state index contributed by atoms with van der Waals surface area (Å²) in [6, 6.07) is 17.1. The first kappa shape index (κ1) is 19.8. The van der Waals surface area contributed by atoms with Gasteiger partial charge in [0.1, 0.15) is 11.2 Å². The van der Waals surface area contributed by atoms with E-state index in [0.29, 0.717) is 29.9 Å². The molecule has 1 fully saturated rings. The fourth-order valence-electron chi connectivity index (χ4n) is 3.77. The molecular weight excluding hydrogens is 406 g/mol. The second-order valence-corrected chi connectivity index (χ2v) is 8.06. The number of H-pyrrole nitrogens is 1. The molecule has 3 heterocycles. The summed E-state index contributed by atoms with van der Waals surface area (Å²) in [5.74, 6) is 0.531. The van der Waals surface area contributed by atoms with E-state index < -0.39 is 0 Å². The number of nitrogens with zero attached hydrogens (tertiary/aromatic N) is 5. The average molecular weight is 429 g/mol. The molecule has 2 N–H and O–H groups in total. The second kappa shape index (κ2) is 7.84. The van der Waals surface area contributed by atoms with E-state index in [-0.39, 0.29) is 17.5 Å². The van der Waals surface area contributed by atoms with Gasteiger partial charge in [0, 0.05) is 38.6 Å². The van der Waals surface area contributed by atoms with Gasteiger partial charge in [-0.15, -0.1) is 0 Å². The average Bonchev–Trinajstić information content (AvgIpc) is 3.18. The van der Waals surface area contributed by atoms with Crippen molar-refractivity contribution in [3.05, 3.63) is 77.0 Å². The van der Waals surface area contributed by atoms with Crippen LogP contribution in [0.3, 0.4) is 0 Å². The zero-order valence-electron chi connectivity index (χ0n) is 17.8. The van der Waals surface area contributed by atoms with Gasteiger partial charge in [0.15, 0.2) is 5.65 Å². The van der Waals surface area contributed by atoms with E-state index in [4.69, 9.17) is 0 Å². The van der Waals surface area contributed by atoms with Crippen molar-refractivity contribution in [1.29, 1.82) is 0 Å². The minimum absolute atomic E-state index is 0.0370. The molecule has 0 spiro atoms. The molecule has 0 unspecified atom stereocenters. The predicted octanol–water partition coefficient (Wildman–Crippen LogP) is 2.81. The second-order valence-electron chi connectivity index (χ2n) is 8.06. The van der Waals surface area contributed by atoms with Gasteiger partial charge in [0.2, 0.25) is 0 Å². The fourth-order valence-corrected chi connectivity index (χ4v) is 3.77. The van der Waals surface area contributed by atoms with E-state index in [9.17, 15) is 9.59 Å². The number of hydrogen-bond donors (Lipinski definition) is 2. The Balaban J connectivity index is 1.32. The number of aromatic amines is 1. The first-order valence-corrected chi connectivity index (χ1v) is 10.4. The Kier molecular flexibility index (Phi) is 4.85. The molecule has 2 aromatic carbocycles. The SMILES string of the molecule is CN(C)c1cccc(NC(=O)N2CC(c3nc4c(cnn4-c4ccccc4)c(=O)[nH]3)C2)c1. The van der Waals surface area contributed by atoms with E-state index in [1.165, 1.54) is 6.20 Å². The van der Waals surface area contributed by atoms with Crippen molar-refractivity contribution in [3.8, 4) is 5.69 Å². The first-order chi connectivity index (χ1) is 15.5. The molecule has 9 nitrogen and oxygen atoms in total. The van der Waals surface area contributed by atoms with Gasteiger partial charge in [-0.1, -0.05) is 24.3 Å². The van der Waals surface area contributed by atoms with Crippen LogP contribution in [-0.2, 0) is 0 Å². The number of anilines is 2. The number of aromatic nitrogens is 4. The lowest BCUT2D eigenvalue weighted by molar-refractivity contribution is 0.161. The van der Waals surface area contributed by atoms with Gasteiger partial charge in [-0.05, 0) is 30.3 Å². The molecule has 32 heavy (non-hydrogen) atoms. The molecule has 1 saturated heterocycles. The molecule has 0 saturated carbocycles. The van der Waals surface area contributed by atoms with Crippen LogP contribution in [0.1, 0.15) is 11.7 Å². The monoisotopic (exact) mass is 429 g/mol. The van der Waals surface area contributed by atoms with Gasteiger partial charge in [0.25, 0.3) is 5.56 Å². The Morgan fingerprint density at radius 3 is 2.66 bits per heavy atom. The van der Waals surface area contributed by atoms with Gasteiger partial charge in [0.05, 0.1) is 17.8 Å². The van der Waals surface area contributed by atoms with Crippen LogP contribution in [0.25, 0.3) is 16.7 Å². The molecule has 9 heteroatoms. The summed E-state index contributed by atoms with van der Waals surface area (Å²) in [4.78, 5) is 36.4. The molecule has 4 aromatic rings. The van der Waals surface area contributed by atoms with Crippen LogP contribution < -0.4 is 15.8 Å². The van der Waals surface area contributed by atoms with Crippen molar-refractivity contribution in [2.45, 2.75) is 5.92 Å². The molecule has 1 aliphatic heterocycles. The number of likely N-dealkylation sites (tertiary alicyclic amines) is 1. The summed E-state index contributed by atoms with van der Waals surface area (Å²) in [6.45, 7) is 0.959. The van der Waals surface area contributed by atoms with E-state index in [0.717, 1.165) is 17.1 Å². The normalized spacial score (nSPS) is 13.8. The number of rotatable bonds is 4. The van der Waals surface area contributed by atoms with Gasteiger partial charge in [-0.25, -0.2) is 14.5 Å². The van der Waals surface area contributed by atoms with Gasteiger partial charge >= 0.3 is 6.03 Å². The number of hydrogen-bond acceptors (Lipinski definition) is 5. The molecule has 2 amide bonds. The molecule has 5 rings (SSSR count). The minimum Gasteiger partial charge on any atom is -0.378 e. The van der Waals surface area contributed by atoms with E-state index in [1.807, 2.05) is 73.6 Å². The summed E-state index contributed by atoms with van der Waals surface area (Å²) in [5, 5.41) is 7.71. The summed E-state index contributed by atoms with van der Waals surface area (Å²) in [6.07, 6.45) is 1.53. The maximum atomic E-state index is 12.6. The highest BCUT2D eigenvalue weighted by molar-refractivity contribution is 5.90. The zero-order valence-corrected chi connectivity index (χ0v) is 17.8. The molecular formula is C23H23N7O2. The number of carbonyl (C=O) groups is 1. The summed E-state index contributed by atoms with van der Waals surface area (Å²) in [7, 11) is 3.91. The van der Waals surface area contributed by atoms with Crippen molar-refractivity contribution in [2.75, 3.05) is 37.4 Å². The van der Waals surface area contributed by atoms with E-state index in [2.05, 4.69) is 20.4 Å². The van der Waals surface area contributed by atoms with E-state index in [1.54, 1.807) is 9.58 Å². The maximum absolute atomic E-state index is 12.6. The van der Waals surface area contributed by atoms with Gasteiger partial charge in [-0.3, -0.25) is 4.79 Å². The van der Waals surface area contributed by atoms with Crippen molar-refractivity contribution >= 4 is 28.4 Å². The van der Waals surface area contributed by atoms with Crippen LogP contribution in [-0.4, -0.2) is 57.9 Å². The number of amides is 2. The lowest BCUT2D eigenvalue weighted by atomic mass is 10.00. The third kappa shape index (κ3) is 3.58. The van der Waals surface area contributed by atoms with Crippen LogP contribution in [0.4, 0.5) is 16.2 Å². The van der Waals surface area contributed by atoms with Crippen molar-refractivity contribution in [1.82, 2.24) is 24.6 Å². The maximum Gasteiger partial charge on any atom is 0.321 e. The standard InChI is InChI=1S/C23H23N7O2/c1-28(2)18-10-6-7-16(11-18)25-23(32)29-13-15(14-29)20-26-21-19(22(31)27-20)12-24-30(21)17-8-4-3-5-9-17/h3-12,15H,13-14H2,1-2H3,(H,25,32)(H,26,27,31). The summed E-state index contributed by atoms with van der Waals surface area (Å²) >= 11 is 0. The zero-order chi connectivity index (χ0) is 22.2. The van der Waals surface area contributed by atoms with Crippen LogP contribution in [0.2, 0.25) is 0 Å². The Labute approximate surface area is 184 Å². The quantitative estimate of drug-likeness (QED) is 0.520. The number of nitrogens with one attached hydrogen (secondary N) is 2. The lowest BCUT2D eigenvalue weighted by Gasteiger charge is -2.38. The Bertz CT molecular complexity index is 1340.